The molecule has 1 aromatic rings. The van der Waals surface area contributed by atoms with Gasteiger partial charge in [0.2, 0.25) is 5.91 Å². The molecule has 1 aliphatic rings. The summed E-state index contributed by atoms with van der Waals surface area (Å²) in [5, 5.41) is 2.88. The van der Waals surface area contributed by atoms with Crippen LogP contribution in [0.25, 0.3) is 0 Å². The molecule has 1 fully saturated rings. The van der Waals surface area contributed by atoms with Crippen LogP contribution < -0.4 is 5.32 Å². The van der Waals surface area contributed by atoms with Gasteiger partial charge in [0.1, 0.15) is 5.82 Å². The highest BCUT2D eigenvalue weighted by molar-refractivity contribution is 5.95. The van der Waals surface area contributed by atoms with Gasteiger partial charge in [-0.15, -0.1) is 0 Å². The fourth-order valence-corrected chi connectivity index (χ4v) is 2.34. The number of nitrogens with zero attached hydrogens (tertiary/aromatic N) is 1. The van der Waals surface area contributed by atoms with Crippen LogP contribution in [0.5, 0.6) is 0 Å². The van der Waals surface area contributed by atoms with Crippen molar-refractivity contribution in [3.05, 3.63) is 29.6 Å². The summed E-state index contributed by atoms with van der Waals surface area (Å²) >= 11 is 0. The molecule has 19 heavy (non-hydrogen) atoms. The lowest BCUT2D eigenvalue weighted by atomic mass is 9.79. The quantitative estimate of drug-likeness (QED) is 0.891. The van der Waals surface area contributed by atoms with Crippen molar-refractivity contribution in [1.29, 1.82) is 0 Å². The Morgan fingerprint density at radius 3 is 2.63 bits per heavy atom. The number of carbonyl (C=O) groups excluding carboxylic acids is 1. The maximum atomic E-state index is 13.2. The smallest absolute Gasteiger partial charge is 0.230 e. The van der Waals surface area contributed by atoms with Gasteiger partial charge in [-0.25, -0.2) is 4.39 Å². The number of amides is 1. The predicted molar refractivity (Wildman–Crippen MR) is 74.6 cm³/mol. The number of benzene rings is 1. The Bertz CT molecular complexity index is 479. The lowest BCUT2D eigenvalue weighted by Gasteiger charge is -2.36. The molecule has 1 aromatic carbocycles. The van der Waals surface area contributed by atoms with Crippen LogP contribution >= 0.6 is 0 Å². The minimum Gasteiger partial charge on any atom is -0.325 e. The molecule has 1 heterocycles. The minimum absolute atomic E-state index is 0.00528. The first-order valence-corrected chi connectivity index (χ1v) is 6.67. The fourth-order valence-electron chi connectivity index (χ4n) is 2.34. The van der Waals surface area contributed by atoms with E-state index in [9.17, 15) is 9.18 Å². The zero-order chi connectivity index (χ0) is 14.0. The van der Waals surface area contributed by atoms with E-state index in [-0.39, 0.29) is 17.1 Å². The second kappa shape index (κ2) is 5.29. The maximum Gasteiger partial charge on any atom is 0.230 e. The lowest BCUT2D eigenvalue weighted by Crippen LogP contribution is -2.43. The molecule has 0 aromatic heterocycles. The molecule has 0 saturated carbocycles. The van der Waals surface area contributed by atoms with E-state index in [4.69, 9.17) is 0 Å². The van der Waals surface area contributed by atoms with E-state index in [1.165, 1.54) is 12.1 Å². The molecule has 0 aliphatic carbocycles. The third-order valence-corrected chi connectivity index (χ3v) is 4.09. The summed E-state index contributed by atoms with van der Waals surface area (Å²) in [6.07, 6.45) is 1.67. The zero-order valence-corrected chi connectivity index (χ0v) is 11.8. The van der Waals surface area contributed by atoms with E-state index in [1.807, 2.05) is 13.8 Å². The van der Waals surface area contributed by atoms with Crippen LogP contribution in [0.2, 0.25) is 0 Å². The van der Waals surface area contributed by atoms with E-state index in [1.54, 1.807) is 6.07 Å². The molecule has 0 bridgehead atoms. The number of halogens is 1. The van der Waals surface area contributed by atoms with Gasteiger partial charge in [-0.1, -0.05) is 13.0 Å². The summed E-state index contributed by atoms with van der Waals surface area (Å²) in [4.78, 5) is 14.6. The van der Waals surface area contributed by atoms with Crippen LogP contribution in [0, 0.1) is 18.2 Å². The number of likely N-dealkylation sites (tertiary alicyclic amines) is 1. The van der Waals surface area contributed by atoms with Crippen molar-refractivity contribution in [2.75, 3.05) is 25.5 Å². The normalized spacial score (nSPS) is 19.2. The van der Waals surface area contributed by atoms with Crippen LogP contribution in [-0.2, 0) is 4.79 Å². The van der Waals surface area contributed by atoms with E-state index >= 15 is 0 Å². The van der Waals surface area contributed by atoms with Crippen LogP contribution in [0.15, 0.2) is 18.2 Å². The van der Waals surface area contributed by atoms with Gasteiger partial charge in [-0.05, 0) is 57.6 Å². The Hall–Kier alpha value is -1.42. The monoisotopic (exact) mass is 264 g/mol. The second-order valence-corrected chi connectivity index (χ2v) is 5.78. The molecule has 2 rings (SSSR count). The average Bonchev–Trinajstić information content (AvgIpc) is 2.37. The van der Waals surface area contributed by atoms with Crippen LogP contribution in [0.1, 0.15) is 25.3 Å². The Morgan fingerprint density at radius 2 is 2.00 bits per heavy atom. The van der Waals surface area contributed by atoms with Crippen molar-refractivity contribution in [3.63, 3.8) is 0 Å². The molecule has 1 aliphatic heterocycles. The molecule has 104 valence electrons. The van der Waals surface area contributed by atoms with Gasteiger partial charge < -0.3 is 10.2 Å². The van der Waals surface area contributed by atoms with Gasteiger partial charge >= 0.3 is 0 Å². The molecule has 0 spiro atoms. The zero-order valence-electron chi connectivity index (χ0n) is 11.8. The topological polar surface area (TPSA) is 32.3 Å². The Kier molecular flexibility index (Phi) is 3.90. The van der Waals surface area contributed by atoms with Gasteiger partial charge in [-0.3, -0.25) is 4.79 Å². The van der Waals surface area contributed by atoms with Crippen molar-refractivity contribution < 1.29 is 9.18 Å². The fraction of sp³-hybridized carbons (Fsp3) is 0.533. The summed E-state index contributed by atoms with van der Waals surface area (Å²) in [5.41, 5.74) is 1.10. The first-order valence-electron chi connectivity index (χ1n) is 6.67. The molecule has 1 saturated heterocycles. The summed E-state index contributed by atoms with van der Waals surface area (Å²) in [5.74, 6) is -0.330. The molecular weight excluding hydrogens is 243 g/mol. The molecule has 4 heteroatoms. The first-order chi connectivity index (χ1) is 8.90. The average molecular weight is 264 g/mol. The molecule has 3 nitrogen and oxygen atoms in total. The number of piperidine rings is 1. The number of nitrogens with one attached hydrogen (secondary N) is 1. The van der Waals surface area contributed by atoms with Gasteiger partial charge in [0.25, 0.3) is 0 Å². The number of hydrogen-bond acceptors (Lipinski definition) is 2. The van der Waals surface area contributed by atoms with Gasteiger partial charge in [-0.2, -0.15) is 0 Å². The number of aryl methyl sites for hydroxylation is 1. The molecule has 0 unspecified atom stereocenters. The van der Waals surface area contributed by atoms with Crippen LogP contribution in [0.3, 0.4) is 0 Å². The lowest BCUT2D eigenvalue weighted by molar-refractivity contribution is -0.127. The first kappa shape index (κ1) is 14.0. The van der Waals surface area contributed by atoms with Crippen molar-refractivity contribution in [2.45, 2.75) is 26.7 Å². The number of hydrogen-bond donors (Lipinski definition) is 1. The summed E-state index contributed by atoms with van der Waals surface area (Å²) < 4.78 is 13.2. The maximum absolute atomic E-state index is 13.2. The van der Waals surface area contributed by atoms with Crippen LogP contribution in [0.4, 0.5) is 10.1 Å². The highest BCUT2D eigenvalue weighted by atomic mass is 19.1. The third kappa shape index (κ3) is 3.13. The predicted octanol–water partition coefficient (Wildman–Crippen LogP) is 2.80. The van der Waals surface area contributed by atoms with Crippen molar-refractivity contribution in [1.82, 2.24) is 4.90 Å². The van der Waals surface area contributed by atoms with Gasteiger partial charge in [0.15, 0.2) is 0 Å². The minimum atomic E-state index is -0.356. The van der Waals surface area contributed by atoms with E-state index in [2.05, 4.69) is 17.3 Å². The number of carbonyl (C=O) groups is 1. The number of anilines is 1. The largest absolute Gasteiger partial charge is 0.325 e. The van der Waals surface area contributed by atoms with E-state index in [0.717, 1.165) is 31.5 Å². The Labute approximate surface area is 113 Å². The van der Waals surface area contributed by atoms with Crippen LogP contribution in [-0.4, -0.2) is 30.9 Å². The molecule has 0 atom stereocenters. The SMILES string of the molecule is Cc1ccc(F)cc1NC(=O)C1(C)CCN(C)CC1. The summed E-state index contributed by atoms with van der Waals surface area (Å²) in [6.45, 7) is 5.70. The second-order valence-electron chi connectivity index (χ2n) is 5.78. The third-order valence-electron chi connectivity index (χ3n) is 4.09. The molecule has 0 radical (unpaired) electrons. The van der Waals surface area contributed by atoms with Crippen molar-refractivity contribution in [2.24, 2.45) is 5.41 Å². The Balaban J connectivity index is 2.10. The Morgan fingerprint density at radius 1 is 1.37 bits per heavy atom. The molecular formula is C15H21FN2O. The summed E-state index contributed by atoms with van der Waals surface area (Å²) in [6, 6.07) is 4.47. The highest BCUT2D eigenvalue weighted by Gasteiger charge is 2.36. The summed E-state index contributed by atoms with van der Waals surface area (Å²) in [7, 11) is 2.06. The molecule has 1 N–H and O–H groups in total. The van der Waals surface area contributed by atoms with Gasteiger partial charge in [0, 0.05) is 11.1 Å². The van der Waals surface area contributed by atoms with Crippen molar-refractivity contribution in [3.8, 4) is 0 Å². The highest BCUT2D eigenvalue weighted by Crippen LogP contribution is 2.32. The van der Waals surface area contributed by atoms with E-state index in [0.29, 0.717) is 5.69 Å². The van der Waals surface area contributed by atoms with E-state index < -0.39 is 0 Å². The number of rotatable bonds is 2. The molecule has 1 amide bonds. The van der Waals surface area contributed by atoms with Crippen molar-refractivity contribution >= 4 is 11.6 Å². The van der Waals surface area contributed by atoms with Gasteiger partial charge in [0.05, 0.1) is 0 Å². The standard InChI is InChI=1S/C15H21FN2O/c1-11-4-5-12(16)10-13(11)17-14(19)15(2)6-8-18(3)9-7-15/h4-5,10H,6-9H2,1-3H3,(H,17,19).